The van der Waals surface area contributed by atoms with Crippen LogP contribution in [0.4, 0.5) is 5.69 Å². The lowest BCUT2D eigenvalue weighted by atomic mass is 9.97. The van der Waals surface area contributed by atoms with Crippen molar-refractivity contribution in [1.29, 1.82) is 0 Å². The minimum atomic E-state index is -3.49. The molecule has 144 valence electrons. The van der Waals surface area contributed by atoms with Crippen LogP contribution in [0.2, 0.25) is 0 Å². The molecule has 0 aromatic heterocycles. The quantitative estimate of drug-likeness (QED) is 0.669. The summed E-state index contributed by atoms with van der Waals surface area (Å²) in [5.41, 5.74) is 1.90. The Hall–Kier alpha value is -2.02. The summed E-state index contributed by atoms with van der Waals surface area (Å²) >= 11 is 0. The number of carbonyl (C=O) groups excluding carboxylic acids is 1. The Labute approximate surface area is 156 Å². The highest BCUT2D eigenvalue weighted by molar-refractivity contribution is 7.92. The second-order valence-electron chi connectivity index (χ2n) is 6.49. The van der Waals surface area contributed by atoms with Gasteiger partial charge in [-0.3, -0.25) is 9.10 Å². The molecule has 0 spiro atoms. The highest BCUT2D eigenvalue weighted by Gasteiger charge is 2.19. The van der Waals surface area contributed by atoms with Crippen molar-refractivity contribution < 1.29 is 17.9 Å². The number of rotatable bonds is 9. The summed E-state index contributed by atoms with van der Waals surface area (Å²) in [5, 5.41) is 2.88. The van der Waals surface area contributed by atoms with Crippen molar-refractivity contribution in [3.63, 3.8) is 0 Å². The van der Waals surface area contributed by atoms with Gasteiger partial charge in [-0.1, -0.05) is 17.7 Å². The monoisotopic (exact) mass is 380 g/mol. The molecule has 7 heteroatoms. The number of carbonyl (C=O) groups is 1. The number of allylic oxidation sites excluding steroid dienone is 1. The Kier molecular flexibility index (Phi) is 7.50. The summed E-state index contributed by atoms with van der Waals surface area (Å²) in [7, 11) is -1.96. The van der Waals surface area contributed by atoms with Crippen LogP contribution in [0.3, 0.4) is 0 Å². The fourth-order valence-corrected chi connectivity index (χ4v) is 3.96. The van der Waals surface area contributed by atoms with Gasteiger partial charge in [0.15, 0.2) is 0 Å². The number of nitrogens with zero attached hydrogens (tertiary/aromatic N) is 1. The molecule has 0 heterocycles. The Bertz CT molecular complexity index is 744. The van der Waals surface area contributed by atoms with Crippen LogP contribution in [0, 0.1) is 0 Å². The van der Waals surface area contributed by atoms with Gasteiger partial charge >= 0.3 is 0 Å². The van der Waals surface area contributed by atoms with E-state index in [2.05, 4.69) is 11.4 Å². The van der Waals surface area contributed by atoms with E-state index in [9.17, 15) is 13.2 Å². The molecule has 0 saturated carbocycles. The predicted octanol–water partition coefficient (Wildman–Crippen LogP) is 2.86. The van der Waals surface area contributed by atoms with E-state index in [0.29, 0.717) is 18.0 Å². The molecule has 0 atom stereocenters. The molecule has 1 N–H and O–H groups in total. The SMILES string of the molecule is COc1cccc(N(CCC(=O)NCCC2=CCCCC2)S(C)(=O)=O)c1. The third kappa shape index (κ3) is 6.37. The number of sulfonamides is 1. The minimum Gasteiger partial charge on any atom is -0.497 e. The highest BCUT2D eigenvalue weighted by Crippen LogP contribution is 2.23. The van der Waals surface area contributed by atoms with Gasteiger partial charge in [0.1, 0.15) is 5.75 Å². The van der Waals surface area contributed by atoms with Crippen molar-refractivity contribution in [3.8, 4) is 5.75 Å². The number of nitrogens with one attached hydrogen (secondary N) is 1. The van der Waals surface area contributed by atoms with E-state index < -0.39 is 10.0 Å². The van der Waals surface area contributed by atoms with Crippen molar-refractivity contribution in [2.45, 2.75) is 38.5 Å². The van der Waals surface area contributed by atoms with Crippen LogP contribution in [-0.4, -0.2) is 40.8 Å². The summed E-state index contributed by atoms with van der Waals surface area (Å²) in [6, 6.07) is 6.81. The van der Waals surface area contributed by atoms with E-state index in [1.807, 2.05) is 0 Å². The Morgan fingerprint density at radius 2 is 2.12 bits per heavy atom. The smallest absolute Gasteiger partial charge is 0.232 e. The fourth-order valence-electron chi connectivity index (χ4n) is 3.04. The Morgan fingerprint density at radius 3 is 2.77 bits per heavy atom. The van der Waals surface area contributed by atoms with Crippen LogP contribution >= 0.6 is 0 Å². The Morgan fingerprint density at radius 1 is 1.31 bits per heavy atom. The normalized spacial score (nSPS) is 14.5. The van der Waals surface area contributed by atoms with Gasteiger partial charge in [0.25, 0.3) is 0 Å². The molecular formula is C19H28N2O4S. The van der Waals surface area contributed by atoms with Gasteiger partial charge in [0, 0.05) is 25.6 Å². The fraction of sp³-hybridized carbons (Fsp3) is 0.526. The molecule has 1 amide bonds. The van der Waals surface area contributed by atoms with Crippen molar-refractivity contribution in [2.75, 3.05) is 30.8 Å². The van der Waals surface area contributed by atoms with Gasteiger partial charge in [-0.05, 0) is 44.2 Å². The third-order valence-corrected chi connectivity index (χ3v) is 5.63. The van der Waals surface area contributed by atoms with E-state index in [4.69, 9.17) is 4.74 Å². The molecule has 1 aliphatic carbocycles. The summed E-state index contributed by atoms with van der Waals surface area (Å²) in [6.45, 7) is 0.698. The topological polar surface area (TPSA) is 75.7 Å². The number of ether oxygens (including phenoxy) is 1. The predicted molar refractivity (Wildman–Crippen MR) is 104 cm³/mol. The summed E-state index contributed by atoms with van der Waals surface area (Å²) in [5.74, 6) is 0.430. The summed E-state index contributed by atoms with van der Waals surface area (Å²) in [6.07, 6.45) is 9.12. The van der Waals surface area contributed by atoms with Crippen LogP contribution in [0.1, 0.15) is 38.5 Å². The lowest BCUT2D eigenvalue weighted by Gasteiger charge is -2.22. The third-order valence-electron chi connectivity index (χ3n) is 4.44. The zero-order chi connectivity index (χ0) is 19.0. The van der Waals surface area contributed by atoms with Gasteiger partial charge in [0.2, 0.25) is 15.9 Å². The molecule has 0 saturated heterocycles. The Balaban J connectivity index is 1.88. The summed E-state index contributed by atoms with van der Waals surface area (Å²) in [4.78, 5) is 12.1. The molecular weight excluding hydrogens is 352 g/mol. The van der Waals surface area contributed by atoms with E-state index in [1.54, 1.807) is 24.3 Å². The van der Waals surface area contributed by atoms with Crippen LogP contribution in [-0.2, 0) is 14.8 Å². The first kappa shape index (κ1) is 20.3. The molecule has 2 rings (SSSR count). The van der Waals surface area contributed by atoms with E-state index in [0.717, 1.165) is 25.5 Å². The van der Waals surface area contributed by atoms with Crippen LogP contribution in [0.15, 0.2) is 35.9 Å². The largest absolute Gasteiger partial charge is 0.497 e. The zero-order valence-corrected chi connectivity index (χ0v) is 16.3. The molecule has 26 heavy (non-hydrogen) atoms. The average molecular weight is 381 g/mol. The summed E-state index contributed by atoms with van der Waals surface area (Å²) < 4.78 is 30.6. The van der Waals surface area contributed by atoms with Crippen LogP contribution < -0.4 is 14.4 Å². The molecule has 1 aromatic rings. The second kappa shape index (κ2) is 9.62. The first-order valence-corrected chi connectivity index (χ1v) is 10.8. The van der Waals surface area contributed by atoms with Crippen molar-refractivity contribution in [2.24, 2.45) is 0 Å². The number of hydrogen-bond acceptors (Lipinski definition) is 4. The second-order valence-corrected chi connectivity index (χ2v) is 8.40. The van der Waals surface area contributed by atoms with Crippen molar-refractivity contribution in [1.82, 2.24) is 5.32 Å². The highest BCUT2D eigenvalue weighted by atomic mass is 32.2. The van der Waals surface area contributed by atoms with Crippen LogP contribution in [0.5, 0.6) is 5.75 Å². The first-order chi connectivity index (χ1) is 12.4. The van der Waals surface area contributed by atoms with Gasteiger partial charge in [-0.25, -0.2) is 8.42 Å². The lowest BCUT2D eigenvalue weighted by molar-refractivity contribution is -0.120. The van der Waals surface area contributed by atoms with E-state index >= 15 is 0 Å². The molecule has 0 bridgehead atoms. The maximum absolute atomic E-state index is 12.1. The molecule has 0 unspecified atom stereocenters. The number of anilines is 1. The standard InChI is InChI=1S/C19H28N2O4S/c1-25-18-10-6-9-17(15-18)21(26(2,23)24)14-12-19(22)20-13-11-16-7-4-3-5-8-16/h6-7,9-10,15H,3-5,8,11-14H2,1-2H3,(H,20,22). The molecule has 6 nitrogen and oxygen atoms in total. The molecule has 1 aliphatic rings. The van der Waals surface area contributed by atoms with Gasteiger partial charge in [0.05, 0.1) is 19.1 Å². The molecule has 0 fully saturated rings. The maximum atomic E-state index is 12.1. The van der Waals surface area contributed by atoms with Crippen LogP contribution in [0.25, 0.3) is 0 Å². The van der Waals surface area contributed by atoms with Gasteiger partial charge in [-0.2, -0.15) is 0 Å². The maximum Gasteiger partial charge on any atom is 0.232 e. The lowest BCUT2D eigenvalue weighted by Crippen LogP contribution is -2.35. The van der Waals surface area contributed by atoms with Gasteiger partial charge in [-0.15, -0.1) is 0 Å². The molecule has 0 radical (unpaired) electrons. The van der Waals surface area contributed by atoms with Crippen molar-refractivity contribution in [3.05, 3.63) is 35.9 Å². The van der Waals surface area contributed by atoms with Gasteiger partial charge < -0.3 is 10.1 Å². The average Bonchev–Trinajstić information content (AvgIpc) is 2.62. The van der Waals surface area contributed by atoms with Crippen molar-refractivity contribution >= 4 is 21.6 Å². The zero-order valence-electron chi connectivity index (χ0n) is 15.5. The van der Waals surface area contributed by atoms with E-state index in [-0.39, 0.29) is 18.9 Å². The minimum absolute atomic E-state index is 0.0977. The number of benzene rings is 1. The first-order valence-electron chi connectivity index (χ1n) is 8.96. The van der Waals surface area contributed by atoms with E-state index in [1.165, 1.54) is 29.8 Å². The number of amides is 1. The molecule has 1 aromatic carbocycles. The number of methoxy groups -OCH3 is 1. The number of hydrogen-bond donors (Lipinski definition) is 1. The molecule has 0 aliphatic heterocycles.